The molecule has 3 aromatic rings. The molecule has 2 atom stereocenters. The second-order valence-electron chi connectivity index (χ2n) is 7.31. The number of carbonyl (C=O) groups is 1. The molecule has 2 N–H and O–H groups in total. The van der Waals surface area contributed by atoms with Crippen LogP contribution in [0, 0.1) is 0 Å². The van der Waals surface area contributed by atoms with E-state index in [0.29, 0.717) is 28.6 Å². The van der Waals surface area contributed by atoms with Crippen LogP contribution in [0.5, 0.6) is 5.75 Å². The van der Waals surface area contributed by atoms with Gasteiger partial charge in [0.1, 0.15) is 11.6 Å². The number of amides is 1. The first-order valence-electron chi connectivity index (χ1n) is 9.97. The first kappa shape index (κ1) is 22.0. The van der Waals surface area contributed by atoms with Gasteiger partial charge >= 0.3 is 6.18 Å². The quantitative estimate of drug-likeness (QED) is 0.497. The summed E-state index contributed by atoms with van der Waals surface area (Å²) in [6.45, 7) is 2.37. The van der Waals surface area contributed by atoms with Crippen molar-refractivity contribution >= 4 is 29.0 Å². The highest BCUT2D eigenvalue weighted by molar-refractivity contribution is 6.30. The van der Waals surface area contributed by atoms with Gasteiger partial charge in [-0.15, -0.1) is 0 Å². The molecular formula is C22H20ClF3N4O2. The number of ether oxygens (including phenoxy) is 1. The Morgan fingerprint density at radius 3 is 2.53 bits per heavy atom. The summed E-state index contributed by atoms with van der Waals surface area (Å²) in [5.41, 5.74) is 1.02. The molecule has 0 radical (unpaired) electrons. The molecule has 10 heteroatoms. The summed E-state index contributed by atoms with van der Waals surface area (Å²) in [5.74, 6) is 0.158. The number of hydrogen-bond donors (Lipinski definition) is 2. The molecule has 1 aromatic heterocycles. The molecule has 0 aliphatic carbocycles. The van der Waals surface area contributed by atoms with Crippen LogP contribution in [0.1, 0.15) is 41.5 Å². The van der Waals surface area contributed by atoms with Gasteiger partial charge in [-0.2, -0.15) is 18.3 Å². The van der Waals surface area contributed by atoms with Crippen molar-refractivity contribution < 1.29 is 22.7 Å². The molecule has 1 aliphatic heterocycles. The van der Waals surface area contributed by atoms with Crippen LogP contribution in [0.2, 0.25) is 5.02 Å². The van der Waals surface area contributed by atoms with Crippen LogP contribution < -0.4 is 15.4 Å². The molecule has 0 spiro atoms. The topological polar surface area (TPSA) is 68.2 Å². The van der Waals surface area contributed by atoms with E-state index >= 15 is 0 Å². The van der Waals surface area contributed by atoms with E-state index in [4.69, 9.17) is 16.3 Å². The molecule has 0 saturated heterocycles. The number of halogens is 4. The Morgan fingerprint density at radius 2 is 1.91 bits per heavy atom. The van der Waals surface area contributed by atoms with Gasteiger partial charge in [0.05, 0.1) is 12.6 Å². The van der Waals surface area contributed by atoms with Crippen molar-refractivity contribution in [1.29, 1.82) is 0 Å². The zero-order valence-corrected chi connectivity index (χ0v) is 17.7. The fourth-order valence-electron chi connectivity index (χ4n) is 3.59. The highest BCUT2D eigenvalue weighted by Crippen LogP contribution is 2.43. The number of benzene rings is 2. The van der Waals surface area contributed by atoms with Crippen molar-refractivity contribution in [1.82, 2.24) is 9.78 Å². The largest absolute Gasteiger partial charge is 0.494 e. The number of nitrogens with one attached hydrogen (secondary N) is 2. The lowest BCUT2D eigenvalue weighted by molar-refractivity contribution is -0.173. The van der Waals surface area contributed by atoms with Crippen LogP contribution in [0.25, 0.3) is 0 Å². The van der Waals surface area contributed by atoms with Crippen molar-refractivity contribution in [3.05, 3.63) is 70.9 Å². The lowest BCUT2D eigenvalue weighted by Gasteiger charge is -2.33. The van der Waals surface area contributed by atoms with Gasteiger partial charge in [0.15, 0.2) is 11.7 Å². The first-order valence-corrected chi connectivity index (χ1v) is 10.3. The maximum Gasteiger partial charge on any atom is 0.410 e. The summed E-state index contributed by atoms with van der Waals surface area (Å²) in [7, 11) is 0. The van der Waals surface area contributed by atoms with Gasteiger partial charge in [0.2, 0.25) is 0 Å². The Balaban J connectivity index is 1.58. The summed E-state index contributed by atoms with van der Waals surface area (Å²) in [5, 5.41) is 10.2. The van der Waals surface area contributed by atoms with E-state index in [1.54, 1.807) is 48.5 Å². The molecule has 168 valence electrons. The van der Waals surface area contributed by atoms with Crippen LogP contribution in [0.3, 0.4) is 0 Å². The molecule has 0 unspecified atom stereocenters. The monoisotopic (exact) mass is 464 g/mol. The predicted octanol–water partition coefficient (Wildman–Crippen LogP) is 5.85. The molecule has 4 rings (SSSR count). The van der Waals surface area contributed by atoms with Crippen molar-refractivity contribution in [3.8, 4) is 5.75 Å². The molecule has 6 nitrogen and oxygen atoms in total. The minimum atomic E-state index is -4.53. The Bertz CT molecular complexity index is 1100. The summed E-state index contributed by atoms with van der Waals surface area (Å²) in [6.07, 6.45) is -4.80. The van der Waals surface area contributed by atoms with Crippen LogP contribution in [0.15, 0.2) is 54.6 Å². The number of anilines is 2. The third-order valence-corrected chi connectivity index (χ3v) is 5.37. The van der Waals surface area contributed by atoms with E-state index < -0.39 is 24.2 Å². The normalized spacial score (nSPS) is 17.9. The van der Waals surface area contributed by atoms with Crippen molar-refractivity contribution in [2.45, 2.75) is 31.6 Å². The van der Waals surface area contributed by atoms with Crippen molar-refractivity contribution in [3.63, 3.8) is 0 Å². The van der Waals surface area contributed by atoms with Gasteiger partial charge in [0, 0.05) is 23.2 Å². The van der Waals surface area contributed by atoms with Crippen LogP contribution in [0.4, 0.5) is 24.7 Å². The summed E-state index contributed by atoms with van der Waals surface area (Å²) in [6, 6.07) is 12.1. The minimum Gasteiger partial charge on any atom is -0.494 e. The molecule has 2 aromatic carbocycles. The average molecular weight is 465 g/mol. The van der Waals surface area contributed by atoms with Gasteiger partial charge in [0.25, 0.3) is 5.91 Å². The van der Waals surface area contributed by atoms with E-state index in [2.05, 4.69) is 15.7 Å². The lowest BCUT2D eigenvalue weighted by atomic mass is 9.97. The Labute approximate surface area is 187 Å². The van der Waals surface area contributed by atoms with E-state index in [9.17, 15) is 18.0 Å². The van der Waals surface area contributed by atoms with E-state index in [-0.39, 0.29) is 17.9 Å². The van der Waals surface area contributed by atoms with E-state index in [0.717, 1.165) is 4.68 Å². The summed E-state index contributed by atoms with van der Waals surface area (Å²) in [4.78, 5) is 12.6. The molecule has 2 heterocycles. The predicted molar refractivity (Wildman–Crippen MR) is 115 cm³/mol. The number of carbonyl (C=O) groups excluding carboxylic acids is 1. The third kappa shape index (κ3) is 4.67. The van der Waals surface area contributed by atoms with Gasteiger partial charge in [-0.1, -0.05) is 23.7 Å². The van der Waals surface area contributed by atoms with Crippen molar-refractivity contribution in [2.75, 3.05) is 17.2 Å². The number of nitrogens with zero attached hydrogens (tertiary/aromatic N) is 2. The second-order valence-corrected chi connectivity index (χ2v) is 7.75. The summed E-state index contributed by atoms with van der Waals surface area (Å²) >= 11 is 5.90. The molecule has 1 aliphatic rings. The smallest absolute Gasteiger partial charge is 0.410 e. The third-order valence-electron chi connectivity index (χ3n) is 5.12. The Morgan fingerprint density at radius 1 is 1.22 bits per heavy atom. The number of fused-ring (bicyclic) bond motifs is 1. The molecule has 0 bridgehead atoms. The molecule has 0 fully saturated rings. The Hall–Kier alpha value is -3.20. The first-order chi connectivity index (χ1) is 15.2. The zero-order chi connectivity index (χ0) is 22.9. The van der Waals surface area contributed by atoms with Crippen LogP contribution >= 0.6 is 11.6 Å². The maximum atomic E-state index is 13.8. The number of alkyl halides is 3. The minimum absolute atomic E-state index is 0.118. The van der Waals surface area contributed by atoms with Gasteiger partial charge in [-0.3, -0.25) is 4.79 Å². The highest BCUT2D eigenvalue weighted by Gasteiger charge is 2.46. The standard InChI is InChI=1S/C22H20ClF3N4O2/c1-2-32-16-9-7-15(8-10-16)27-21(31)18-12-20-28-17(13-3-5-14(23)6-4-13)11-19(22(24,25)26)30(20)29-18/h3-10,12,17,19,28H,2,11H2,1H3,(H,27,31)/t17-,19-/m1/s1. The van der Waals surface area contributed by atoms with Gasteiger partial charge < -0.3 is 15.4 Å². The lowest BCUT2D eigenvalue weighted by Crippen LogP contribution is -2.35. The fourth-order valence-corrected chi connectivity index (χ4v) is 3.72. The Kier molecular flexibility index (Phi) is 6.01. The molecule has 0 saturated carbocycles. The van der Waals surface area contributed by atoms with E-state index in [1.165, 1.54) is 6.07 Å². The van der Waals surface area contributed by atoms with Crippen LogP contribution in [-0.2, 0) is 0 Å². The molecular weight excluding hydrogens is 445 g/mol. The SMILES string of the molecule is CCOc1ccc(NC(=O)c2cc3n(n2)[C@@H](C(F)(F)F)C[C@H](c2ccc(Cl)cc2)N3)cc1. The highest BCUT2D eigenvalue weighted by atomic mass is 35.5. The number of aromatic nitrogens is 2. The van der Waals surface area contributed by atoms with Gasteiger partial charge in [-0.05, 0) is 48.9 Å². The van der Waals surface area contributed by atoms with Crippen LogP contribution in [-0.4, -0.2) is 28.5 Å². The average Bonchev–Trinajstić information content (AvgIpc) is 3.19. The van der Waals surface area contributed by atoms with E-state index in [1.807, 2.05) is 6.92 Å². The van der Waals surface area contributed by atoms with Crippen molar-refractivity contribution in [2.24, 2.45) is 0 Å². The molecule has 1 amide bonds. The number of hydrogen-bond acceptors (Lipinski definition) is 4. The maximum absolute atomic E-state index is 13.8. The number of rotatable bonds is 5. The van der Waals surface area contributed by atoms with Gasteiger partial charge in [-0.25, -0.2) is 4.68 Å². The summed E-state index contributed by atoms with van der Waals surface area (Å²) < 4.78 is 47.6. The zero-order valence-electron chi connectivity index (χ0n) is 17.0. The molecule has 32 heavy (non-hydrogen) atoms. The fraction of sp³-hybridized carbons (Fsp3) is 0.273. The second kappa shape index (κ2) is 8.74.